The monoisotopic (exact) mass is 239 g/mol. The summed E-state index contributed by atoms with van der Waals surface area (Å²) in [6, 6.07) is -0.158. The zero-order valence-electron chi connectivity index (χ0n) is 10.5. The lowest BCUT2D eigenvalue weighted by atomic mass is 10.0. The van der Waals surface area contributed by atoms with Crippen LogP contribution < -0.4 is 0 Å². The van der Waals surface area contributed by atoms with E-state index in [-0.39, 0.29) is 23.8 Å². The second-order valence-electron chi connectivity index (χ2n) is 5.01. The van der Waals surface area contributed by atoms with Gasteiger partial charge in [0.25, 0.3) is 0 Å². The average Bonchev–Trinajstić information content (AvgIpc) is 2.96. The second kappa shape index (κ2) is 5.63. The van der Waals surface area contributed by atoms with Gasteiger partial charge in [0.05, 0.1) is 12.1 Å². The number of nitrogens with zero attached hydrogens (tertiary/aromatic N) is 1. The van der Waals surface area contributed by atoms with E-state index in [1.54, 1.807) is 11.8 Å². The van der Waals surface area contributed by atoms with Crippen molar-refractivity contribution >= 4 is 11.7 Å². The quantitative estimate of drug-likeness (QED) is 0.747. The molecule has 2 saturated heterocycles. The van der Waals surface area contributed by atoms with Gasteiger partial charge in [-0.15, -0.1) is 0 Å². The summed E-state index contributed by atoms with van der Waals surface area (Å²) < 4.78 is 5.51. The molecule has 0 aliphatic carbocycles. The zero-order chi connectivity index (χ0) is 12.3. The Morgan fingerprint density at radius 1 is 1.29 bits per heavy atom. The van der Waals surface area contributed by atoms with Crippen molar-refractivity contribution in [2.45, 2.75) is 57.6 Å². The number of carbonyl (C=O) groups is 2. The van der Waals surface area contributed by atoms with Crippen molar-refractivity contribution in [2.24, 2.45) is 0 Å². The van der Waals surface area contributed by atoms with Crippen molar-refractivity contribution in [3.63, 3.8) is 0 Å². The summed E-state index contributed by atoms with van der Waals surface area (Å²) in [7, 11) is 0. The van der Waals surface area contributed by atoms with Crippen LogP contribution >= 0.6 is 0 Å². The minimum Gasteiger partial charge on any atom is -0.378 e. The molecule has 96 valence electrons. The van der Waals surface area contributed by atoms with Crippen LogP contribution in [0.4, 0.5) is 0 Å². The Hall–Kier alpha value is -0.900. The fourth-order valence-corrected chi connectivity index (χ4v) is 2.82. The number of likely N-dealkylation sites (tertiary alicyclic amines) is 1. The van der Waals surface area contributed by atoms with Crippen LogP contribution in [0, 0.1) is 0 Å². The van der Waals surface area contributed by atoms with Crippen LogP contribution in [-0.2, 0) is 14.3 Å². The number of Topliss-reactive ketones (excluding diaryl/α,β-unsaturated/α-hetero) is 1. The fourth-order valence-electron chi connectivity index (χ4n) is 2.82. The van der Waals surface area contributed by atoms with Crippen molar-refractivity contribution in [3.8, 4) is 0 Å². The Labute approximate surface area is 102 Å². The Kier molecular flexibility index (Phi) is 4.15. The highest BCUT2D eigenvalue weighted by Crippen LogP contribution is 2.22. The molecule has 2 heterocycles. The predicted molar refractivity (Wildman–Crippen MR) is 63.6 cm³/mol. The Morgan fingerprint density at radius 2 is 2.12 bits per heavy atom. The molecule has 0 spiro atoms. The highest BCUT2D eigenvalue weighted by Gasteiger charge is 2.32. The van der Waals surface area contributed by atoms with E-state index in [0.717, 1.165) is 45.3 Å². The Bertz CT molecular complexity index is 297. The lowest BCUT2D eigenvalue weighted by Gasteiger charge is -2.22. The first kappa shape index (κ1) is 12.6. The van der Waals surface area contributed by atoms with E-state index in [1.165, 1.54) is 0 Å². The molecule has 0 bridgehead atoms. The number of amides is 1. The summed E-state index contributed by atoms with van der Waals surface area (Å²) in [4.78, 5) is 25.2. The number of carbonyl (C=O) groups excluding carboxylic acids is 2. The first-order chi connectivity index (χ1) is 8.18. The minimum atomic E-state index is -0.158. The molecular weight excluding hydrogens is 218 g/mol. The average molecular weight is 239 g/mol. The van der Waals surface area contributed by atoms with E-state index in [9.17, 15) is 9.59 Å². The number of hydrogen-bond acceptors (Lipinski definition) is 3. The first-order valence-electron chi connectivity index (χ1n) is 6.60. The molecule has 0 saturated carbocycles. The van der Waals surface area contributed by atoms with Crippen LogP contribution in [0.5, 0.6) is 0 Å². The van der Waals surface area contributed by atoms with Crippen LogP contribution in [0.15, 0.2) is 0 Å². The topological polar surface area (TPSA) is 46.6 Å². The molecule has 2 unspecified atom stereocenters. The number of ketones is 1. The maximum Gasteiger partial charge on any atom is 0.220 e. The third-order valence-corrected chi connectivity index (χ3v) is 3.77. The molecule has 2 aliphatic rings. The van der Waals surface area contributed by atoms with Gasteiger partial charge < -0.3 is 9.64 Å². The van der Waals surface area contributed by atoms with E-state index in [1.807, 2.05) is 0 Å². The van der Waals surface area contributed by atoms with Crippen molar-refractivity contribution in [3.05, 3.63) is 0 Å². The van der Waals surface area contributed by atoms with Gasteiger partial charge in [-0.3, -0.25) is 9.59 Å². The molecule has 1 amide bonds. The van der Waals surface area contributed by atoms with Crippen molar-refractivity contribution < 1.29 is 14.3 Å². The number of hydrogen-bond donors (Lipinski definition) is 0. The molecule has 0 aromatic rings. The maximum atomic E-state index is 12.1. The largest absolute Gasteiger partial charge is 0.378 e. The second-order valence-corrected chi connectivity index (χ2v) is 5.01. The summed E-state index contributed by atoms with van der Waals surface area (Å²) in [5.41, 5.74) is 0. The molecule has 2 aliphatic heterocycles. The molecule has 4 heteroatoms. The van der Waals surface area contributed by atoms with E-state index in [0.29, 0.717) is 6.42 Å². The maximum absolute atomic E-state index is 12.1. The molecular formula is C13H21NO3. The van der Waals surface area contributed by atoms with E-state index >= 15 is 0 Å². The van der Waals surface area contributed by atoms with Gasteiger partial charge in [-0.05, 0) is 32.1 Å². The Balaban J connectivity index is 1.80. The van der Waals surface area contributed by atoms with Gasteiger partial charge in [0.2, 0.25) is 5.91 Å². The lowest BCUT2D eigenvalue weighted by molar-refractivity contribution is -0.136. The molecule has 2 fully saturated rings. The SMILES string of the molecule is CC(=O)N1CCCC1C(=O)CCC1CCCO1. The van der Waals surface area contributed by atoms with Gasteiger partial charge in [-0.1, -0.05) is 0 Å². The zero-order valence-corrected chi connectivity index (χ0v) is 10.5. The smallest absolute Gasteiger partial charge is 0.220 e. The van der Waals surface area contributed by atoms with Crippen LogP contribution in [0.3, 0.4) is 0 Å². The molecule has 2 atom stereocenters. The number of ether oxygens (including phenoxy) is 1. The van der Waals surface area contributed by atoms with Gasteiger partial charge in [0, 0.05) is 26.5 Å². The van der Waals surface area contributed by atoms with Gasteiger partial charge in [0.15, 0.2) is 5.78 Å². The molecule has 0 aromatic heterocycles. The normalized spacial score (nSPS) is 28.6. The highest BCUT2D eigenvalue weighted by molar-refractivity contribution is 5.88. The molecule has 4 nitrogen and oxygen atoms in total. The summed E-state index contributed by atoms with van der Waals surface area (Å²) >= 11 is 0. The third-order valence-electron chi connectivity index (χ3n) is 3.77. The van der Waals surface area contributed by atoms with Gasteiger partial charge in [-0.2, -0.15) is 0 Å². The van der Waals surface area contributed by atoms with Gasteiger partial charge in [0.1, 0.15) is 0 Å². The van der Waals surface area contributed by atoms with Crippen LogP contribution in [0.1, 0.15) is 45.4 Å². The standard InChI is InChI=1S/C13H21NO3/c1-10(15)14-8-2-5-12(14)13(16)7-6-11-4-3-9-17-11/h11-12H,2-9H2,1H3. The van der Waals surface area contributed by atoms with Crippen LogP contribution in [0.2, 0.25) is 0 Å². The summed E-state index contributed by atoms with van der Waals surface area (Å²) in [6.45, 7) is 3.12. The van der Waals surface area contributed by atoms with Gasteiger partial charge >= 0.3 is 0 Å². The minimum absolute atomic E-state index is 0.0259. The van der Waals surface area contributed by atoms with Crippen LogP contribution in [-0.4, -0.2) is 41.9 Å². The Morgan fingerprint density at radius 3 is 2.76 bits per heavy atom. The lowest BCUT2D eigenvalue weighted by Crippen LogP contribution is -2.39. The summed E-state index contributed by atoms with van der Waals surface area (Å²) in [6.07, 6.45) is 5.63. The predicted octanol–water partition coefficient (Wildman–Crippen LogP) is 1.53. The van der Waals surface area contributed by atoms with E-state index < -0.39 is 0 Å². The first-order valence-corrected chi connectivity index (χ1v) is 6.60. The van der Waals surface area contributed by atoms with Crippen molar-refractivity contribution in [1.29, 1.82) is 0 Å². The van der Waals surface area contributed by atoms with Crippen molar-refractivity contribution in [2.75, 3.05) is 13.2 Å². The van der Waals surface area contributed by atoms with Crippen LogP contribution in [0.25, 0.3) is 0 Å². The fraction of sp³-hybridized carbons (Fsp3) is 0.846. The molecule has 17 heavy (non-hydrogen) atoms. The summed E-state index contributed by atoms with van der Waals surface area (Å²) in [5, 5.41) is 0. The van der Waals surface area contributed by atoms with Crippen molar-refractivity contribution in [1.82, 2.24) is 4.90 Å². The molecule has 0 aromatic carbocycles. The number of rotatable bonds is 4. The molecule has 2 rings (SSSR count). The highest BCUT2D eigenvalue weighted by atomic mass is 16.5. The van der Waals surface area contributed by atoms with E-state index in [2.05, 4.69) is 0 Å². The molecule has 0 N–H and O–H groups in total. The third kappa shape index (κ3) is 3.06. The molecule has 0 radical (unpaired) electrons. The van der Waals surface area contributed by atoms with Gasteiger partial charge in [-0.25, -0.2) is 0 Å². The van der Waals surface area contributed by atoms with E-state index in [4.69, 9.17) is 4.74 Å². The summed E-state index contributed by atoms with van der Waals surface area (Å²) in [5.74, 6) is 0.242.